The van der Waals surface area contributed by atoms with Crippen molar-refractivity contribution in [3.63, 3.8) is 0 Å². The van der Waals surface area contributed by atoms with Crippen LogP contribution in [0.4, 0.5) is 17.6 Å². The van der Waals surface area contributed by atoms with Gasteiger partial charge in [0.1, 0.15) is 11.6 Å². The lowest BCUT2D eigenvalue weighted by molar-refractivity contribution is -0.137. The molecule has 0 aliphatic carbocycles. The number of alkyl halides is 3. The van der Waals surface area contributed by atoms with Crippen LogP contribution in [0.25, 0.3) is 11.3 Å². The summed E-state index contributed by atoms with van der Waals surface area (Å²) in [5.74, 6) is -0.318. The minimum atomic E-state index is -4.52. The van der Waals surface area contributed by atoms with E-state index in [0.717, 1.165) is 12.1 Å². The van der Waals surface area contributed by atoms with Gasteiger partial charge in [0.05, 0.1) is 24.6 Å². The van der Waals surface area contributed by atoms with Crippen molar-refractivity contribution in [3.8, 4) is 17.0 Å². The van der Waals surface area contributed by atoms with Crippen molar-refractivity contribution in [3.05, 3.63) is 47.9 Å². The van der Waals surface area contributed by atoms with Crippen molar-refractivity contribution >= 4 is 0 Å². The van der Waals surface area contributed by atoms with Gasteiger partial charge in [0, 0.05) is 5.56 Å². The molecule has 100 valence electrons. The van der Waals surface area contributed by atoms with Gasteiger partial charge in [-0.25, -0.2) is 4.39 Å². The van der Waals surface area contributed by atoms with E-state index >= 15 is 0 Å². The summed E-state index contributed by atoms with van der Waals surface area (Å²) in [5, 5.41) is 0. The first-order valence-electron chi connectivity index (χ1n) is 5.29. The van der Waals surface area contributed by atoms with Crippen LogP contribution < -0.4 is 4.74 Å². The van der Waals surface area contributed by atoms with Gasteiger partial charge in [-0.2, -0.15) is 13.2 Å². The largest absolute Gasteiger partial charge is 0.495 e. The van der Waals surface area contributed by atoms with E-state index in [0.29, 0.717) is 11.8 Å². The maximum atomic E-state index is 13.6. The number of benzene rings is 1. The zero-order valence-corrected chi connectivity index (χ0v) is 9.83. The van der Waals surface area contributed by atoms with Crippen LogP contribution in [-0.2, 0) is 6.18 Å². The summed E-state index contributed by atoms with van der Waals surface area (Å²) in [6.07, 6.45) is -3.20. The Kier molecular flexibility index (Phi) is 3.42. The van der Waals surface area contributed by atoms with Crippen LogP contribution in [-0.4, -0.2) is 12.1 Å². The van der Waals surface area contributed by atoms with Crippen molar-refractivity contribution in [1.29, 1.82) is 0 Å². The number of aromatic nitrogens is 1. The van der Waals surface area contributed by atoms with Gasteiger partial charge in [-0.05, 0) is 30.3 Å². The Morgan fingerprint density at radius 1 is 1.11 bits per heavy atom. The number of halogens is 4. The van der Waals surface area contributed by atoms with Gasteiger partial charge in [0.2, 0.25) is 0 Å². The molecule has 2 aromatic rings. The van der Waals surface area contributed by atoms with Crippen molar-refractivity contribution in [2.45, 2.75) is 6.18 Å². The topological polar surface area (TPSA) is 22.1 Å². The minimum absolute atomic E-state index is 0.115. The molecule has 1 aromatic heterocycles. The third-order valence-electron chi connectivity index (χ3n) is 2.54. The lowest BCUT2D eigenvalue weighted by atomic mass is 10.1. The van der Waals surface area contributed by atoms with Crippen LogP contribution in [0.2, 0.25) is 0 Å². The fourth-order valence-electron chi connectivity index (χ4n) is 1.56. The zero-order chi connectivity index (χ0) is 14.0. The van der Waals surface area contributed by atoms with E-state index in [9.17, 15) is 17.6 Å². The van der Waals surface area contributed by atoms with E-state index in [-0.39, 0.29) is 11.3 Å². The summed E-state index contributed by atoms with van der Waals surface area (Å²) in [5.41, 5.74) is -0.997. The highest BCUT2D eigenvalue weighted by atomic mass is 19.4. The van der Waals surface area contributed by atoms with Gasteiger partial charge in [-0.1, -0.05) is 0 Å². The minimum Gasteiger partial charge on any atom is -0.495 e. The standard InChI is InChI=1S/C13H9F4NO/c1-19-9-3-5-12(18-7-9)10-6-8(13(15,16)17)2-4-11(10)14/h2-7H,1H3. The molecular formula is C13H9F4NO. The first-order chi connectivity index (χ1) is 8.91. The van der Waals surface area contributed by atoms with Crippen LogP contribution >= 0.6 is 0 Å². The Morgan fingerprint density at radius 2 is 1.84 bits per heavy atom. The quantitative estimate of drug-likeness (QED) is 0.772. The lowest BCUT2D eigenvalue weighted by Gasteiger charge is -2.09. The molecule has 19 heavy (non-hydrogen) atoms. The predicted octanol–water partition coefficient (Wildman–Crippen LogP) is 3.92. The lowest BCUT2D eigenvalue weighted by Crippen LogP contribution is -2.05. The number of hydrogen-bond donors (Lipinski definition) is 0. The molecule has 0 fully saturated rings. The summed E-state index contributed by atoms with van der Waals surface area (Å²) in [6, 6.07) is 5.12. The molecule has 0 unspecified atom stereocenters. The van der Waals surface area contributed by atoms with E-state index in [1.807, 2.05) is 0 Å². The SMILES string of the molecule is COc1ccc(-c2cc(C(F)(F)F)ccc2F)nc1. The van der Waals surface area contributed by atoms with Crippen molar-refractivity contribution in [2.75, 3.05) is 7.11 Å². The number of methoxy groups -OCH3 is 1. The third kappa shape index (κ3) is 2.83. The summed E-state index contributed by atoms with van der Waals surface area (Å²) in [7, 11) is 1.43. The van der Waals surface area contributed by atoms with Crippen LogP contribution in [0, 0.1) is 5.82 Å². The summed E-state index contributed by atoms with van der Waals surface area (Å²) < 4.78 is 56.2. The smallest absolute Gasteiger partial charge is 0.416 e. The van der Waals surface area contributed by atoms with E-state index in [1.54, 1.807) is 0 Å². The Balaban J connectivity index is 2.48. The van der Waals surface area contributed by atoms with Gasteiger partial charge in [0.15, 0.2) is 0 Å². The summed E-state index contributed by atoms with van der Waals surface area (Å²) in [4.78, 5) is 3.87. The Bertz CT molecular complexity index is 578. The summed E-state index contributed by atoms with van der Waals surface area (Å²) in [6.45, 7) is 0. The van der Waals surface area contributed by atoms with Crippen molar-refractivity contribution in [2.24, 2.45) is 0 Å². The Morgan fingerprint density at radius 3 is 2.37 bits per heavy atom. The fourth-order valence-corrected chi connectivity index (χ4v) is 1.56. The molecule has 6 heteroatoms. The Labute approximate surface area is 106 Å². The monoisotopic (exact) mass is 271 g/mol. The predicted molar refractivity (Wildman–Crippen MR) is 61.2 cm³/mol. The molecule has 2 nitrogen and oxygen atoms in total. The highest BCUT2D eigenvalue weighted by molar-refractivity contribution is 5.61. The molecule has 0 spiro atoms. The second kappa shape index (κ2) is 4.87. The molecule has 0 aliphatic heterocycles. The second-order valence-corrected chi connectivity index (χ2v) is 3.78. The number of ether oxygens (including phenoxy) is 1. The molecule has 2 rings (SSSR count). The van der Waals surface area contributed by atoms with E-state index in [4.69, 9.17) is 4.74 Å². The van der Waals surface area contributed by atoms with Crippen LogP contribution in [0.15, 0.2) is 36.5 Å². The first-order valence-corrected chi connectivity index (χ1v) is 5.29. The van der Waals surface area contributed by atoms with E-state index in [2.05, 4.69) is 4.98 Å². The number of pyridine rings is 1. The van der Waals surface area contributed by atoms with E-state index < -0.39 is 17.6 Å². The maximum absolute atomic E-state index is 13.6. The molecule has 0 radical (unpaired) electrons. The van der Waals surface area contributed by atoms with Crippen LogP contribution in [0.1, 0.15) is 5.56 Å². The zero-order valence-electron chi connectivity index (χ0n) is 9.83. The number of rotatable bonds is 2. The molecule has 0 aliphatic rings. The fraction of sp³-hybridized carbons (Fsp3) is 0.154. The van der Waals surface area contributed by atoms with Gasteiger partial charge < -0.3 is 4.74 Å². The average molecular weight is 271 g/mol. The number of nitrogens with zero attached hydrogens (tertiary/aromatic N) is 1. The molecule has 0 atom stereocenters. The van der Waals surface area contributed by atoms with Gasteiger partial charge >= 0.3 is 6.18 Å². The van der Waals surface area contributed by atoms with Crippen molar-refractivity contribution < 1.29 is 22.3 Å². The number of hydrogen-bond acceptors (Lipinski definition) is 2. The van der Waals surface area contributed by atoms with Gasteiger partial charge in [-0.15, -0.1) is 0 Å². The van der Waals surface area contributed by atoms with Crippen molar-refractivity contribution in [1.82, 2.24) is 4.98 Å². The molecular weight excluding hydrogens is 262 g/mol. The van der Waals surface area contributed by atoms with Crippen LogP contribution in [0.5, 0.6) is 5.75 Å². The maximum Gasteiger partial charge on any atom is 0.416 e. The van der Waals surface area contributed by atoms with Gasteiger partial charge in [-0.3, -0.25) is 4.98 Å². The first kappa shape index (κ1) is 13.3. The molecule has 1 aromatic carbocycles. The van der Waals surface area contributed by atoms with Crippen LogP contribution in [0.3, 0.4) is 0 Å². The molecule has 0 N–H and O–H groups in total. The molecule has 0 amide bonds. The molecule has 0 bridgehead atoms. The van der Waals surface area contributed by atoms with E-state index in [1.165, 1.54) is 25.4 Å². The average Bonchev–Trinajstić information content (AvgIpc) is 2.38. The molecule has 0 saturated carbocycles. The highest BCUT2D eigenvalue weighted by Gasteiger charge is 2.31. The second-order valence-electron chi connectivity index (χ2n) is 3.78. The highest BCUT2D eigenvalue weighted by Crippen LogP contribution is 2.33. The Hall–Kier alpha value is -2.11. The molecule has 0 saturated heterocycles. The third-order valence-corrected chi connectivity index (χ3v) is 2.54. The van der Waals surface area contributed by atoms with Gasteiger partial charge in [0.25, 0.3) is 0 Å². The summed E-state index contributed by atoms with van der Waals surface area (Å²) >= 11 is 0. The molecule has 1 heterocycles. The normalized spacial score (nSPS) is 11.4.